The number of nitrogens with one attached hydrogen (secondary N) is 3. The largest absolute Gasteiger partial charge is 0.482 e. The molecule has 0 spiro atoms. The first kappa shape index (κ1) is 13.5. The van der Waals surface area contributed by atoms with Gasteiger partial charge in [0.15, 0.2) is 11.7 Å². The highest BCUT2D eigenvalue weighted by Crippen LogP contribution is 2.22. The Bertz CT molecular complexity index is 414. The molecule has 0 fully saturated rings. The Morgan fingerprint density at radius 2 is 2.12 bits per heavy atom. The summed E-state index contributed by atoms with van der Waals surface area (Å²) in [4.78, 5) is 11.3. The summed E-state index contributed by atoms with van der Waals surface area (Å²) < 4.78 is 5.22. The maximum Gasteiger partial charge on any atom is 0.276 e. The van der Waals surface area contributed by atoms with Crippen LogP contribution in [0.4, 0.5) is 0 Å². The maximum atomic E-state index is 11.3. The Labute approximate surface area is 109 Å². The number of hydrogen-bond donors (Lipinski definition) is 3. The van der Waals surface area contributed by atoms with Gasteiger partial charge in [-0.15, -0.1) is 0 Å². The van der Waals surface area contributed by atoms with E-state index in [0.717, 1.165) is 0 Å². The molecule has 7 heteroatoms. The lowest BCUT2D eigenvalue weighted by atomic mass is 10.3. The Morgan fingerprint density at radius 3 is 2.76 bits per heavy atom. The lowest BCUT2D eigenvalue weighted by Crippen LogP contribution is -2.47. The summed E-state index contributed by atoms with van der Waals surface area (Å²) in [5.74, 6) is 0.100. The van der Waals surface area contributed by atoms with Gasteiger partial charge in [-0.3, -0.25) is 15.6 Å². The van der Waals surface area contributed by atoms with Crippen LogP contribution in [-0.2, 0) is 4.79 Å². The fourth-order valence-corrected chi connectivity index (χ4v) is 1.17. The molecule has 0 aliphatic carbocycles. The van der Waals surface area contributed by atoms with Crippen LogP contribution in [-0.4, -0.2) is 24.7 Å². The van der Waals surface area contributed by atoms with Crippen LogP contribution in [0.15, 0.2) is 24.3 Å². The second-order valence-corrected chi connectivity index (χ2v) is 3.79. The van der Waals surface area contributed by atoms with Crippen molar-refractivity contribution in [3.05, 3.63) is 29.3 Å². The van der Waals surface area contributed by atoms with Crippen LogP contribution in [0.25, 0.3) is 0 Å². The van der Waals surface area contributed by atoms with E-state index < -0.39 is 0 Å². The number of carbonyl (C=O) groups is 1. The van der Waals surface area contributed by atoms with Crippen molar-refractivity contribution in [2.45, 2.75) is 0 Å². The summed E-state index contributed by atoms with van der Waals surface area (Å²) in [6, 6.07) is 6.92. The van der Waals surface area contributed by atoms with E-state index in [0.29, 0.717) is 15.9 Å². The lowest BCUT2D eigenvalue weighted by molar-refractivity contribution is -0.123. The lowest BCUT2D eigenvalue weighted by Gasteiger charge is -2.10. The third kappa shape index (κ3) is 4.88. The first-order valence-electron chi connectivity index (χ1n) is 4.77. The maximum absolute atomic E-state index is 11.3. The molecule has 0 saturated heterocycles. The molecule has 0 saturated carbocycles. The summed E-state index contributed by atoms with van der Waals surface area (Å²) in [5.41, 5.74) is 4.85. The third-order valence-electron chi connectivity index (χ3n) is 1.74. The van der Waals surface area contributed by atoms with Crippen molar-refractivity contribution in [2.24, 2.45) is 0 Å². The van der Waals surface area contributed by atoms with Crippen LogP contribution in [0.5, 0.6) is 5.75 Å². The van der Waals surface area contributed by atoms with E-state index in [-0.39, 0.29) is 12.5 Å². The Hall–Kier alpha value is -1.53. The van der Waals surface area contributed by atoms with E-state index in [4.69, 9.17) is 28.6 Å². The number of hydrazine groups is 1. The summed E-state index contributed by atoms with van der Waals surface area (Å²) in [5, 5.41) is 3.42. The second-order valence-electron chi connectivity index (χ2n) is 2.97. The quantitative estimate of drug-likeness (QED) is 0.563. The van der Waals surface area contributed by atoms with Crippen LogP contribution in [0, 0.1) is 0 Å². The number of carbonyl (C=O) groups excluding carboxylic acids is 1. The predicted octanol–water partition coefficient (Wildman–Crippen LogP) is 0.844. The smallest absolute Gasteiger partial charge is 0.276 e. The summed E-state index contributed by atoms with van der Waals surface area (Å²) in [6.45, 7) is -0.150. The van der Waals surface area contributed by atoms with Gasteiger partial charge in [-0.05, 0) is 24.4 Å². The highest BCUT2D eigenvalue weighted by molar-refractivity contribution is 7.80. The zero-order chi connectivity index (χ0) is 12.7. The van der Waals surface area contributed by atoms with E-state index >= 15 is 0 Å². The molecule has 0 atom stereocenters. The van der Waals surface area contributed by atoms with Gasteiger partial charge in [0.2, 0.25) is 0 Å². The van der Waals surface area contributed by atoms with Crippen molar-refractivity contribution in [2.75, 3.05) is 13.7 Å². The third-order valence-corrected chi connectivity index (χ3v) is 2.36. The molecule has 0 aliphatic rings. The number of para-hydroxylation sites is 1. The average Bonchev–Trinajstić information content (AvgIpc) is 2.35. The fraction of sp³-hybridized carbons (Fsp3) is 0.200. The van der Waals surface area contributed by atoms with Gasteiger partial charge >= 0.3 is 0 Å². The molecule has 0 aliphatic heterocycles. The van der Waals surface area contributed by atoms with Crippen molar-refractivity contribution in [3.63, 3.8) is 0 Å². The van der Waals surface area contributed by atoms with E-state index in [9.17, 15) is 4.79 Å². The molecule has 92 valence electrons. The molecule has 1 amide bonds. The van der Waals surface area contributed by atoms with Crippen LogP contribution < -0.4 is 20.9 Å². The van der Waals surface area contributed by atoms with Crippen molar-refractivity contribution in [1.29, 1.82) is 0 Å². The van der Waals surface area contributed by atoms with Crippen molar-refractivity contribution >= 4 is 34.8 Å². The number of thiocarbonyl (C=S) groups is 1. The molecular formula is C10H12ClN3O2S. The Kier molecular flexibility index (Phi) is 5.51. The van der Waals surface area contributed by atoms with Crippen molar-refractivity contribution < 1.29 is 9.53 Å². The van der Waals surface area contributed by atoms with Gasteiger partial charge < -0.3 is 10.1 Å². The van der Waals surface area contributed by atoms with Gasteiger partial charge in [-0.25, -0.2) is 0 Å². The van der Waals surface area contributed by atoms with Crippen molar-refractivity contribution in [1.82, 2.24) is 16.2 Å². The molecule has 17 heavy (non-hydrogen) atoms. The second kappa shape index (κ2) is 6.93. The number of benzene rings is 1. The molecule has 0 unspecified atom stereocenters. The van der Waals surface area contributed by atoms with Gasteiger partial charge in [0.05, 0.1) is 5.02 Å². The van der Waals surface area contributed by atoms with Gasteiger partial charge in [0.1, 0.15) is 5.75 Å². The number of halogens is 1. The van der Waals surface area contributed by atoms with Gasteiger partial charge in [-0.1, -0.05) is 23.7 Å². The molecule has 0 bridgehead atoms. The van der Waals surface area contributed by atoms with E-state index in [2.05, 4.69) is 16.2 Å². The number of ether oxygens (including phenoxy) is 1. The molecular weight excluding hydrogens is 262 g/mol. The van der Waals surface area contributed by atoms with Crippen molar-refractivity contribution in [3.8, 4) is 5.75 Å². The molecule has 0 heterocycles. The first-order chi connectivity index (χ1) is 8.13. The monoisotopic (exact) mass is 273 g/mol. The summed E-state index contributed by atoms with van der Waals surface area (Å²) in [6.07, 6.45) is 0. The number of amides is 1. The first-order valence-corrected chi connectivity index (χ1v) is 5.56. The van der Waals surface area contributed by atoms with E-state index in [1.54, 1.807) is 31.3 Å². The zero-order valence-electron chi connectivity index (χ0n) is 9.12. The molecule has 0 aromatic heterocycles. The highest BCUT2D eigenvalue weighted by Gasteiger charge is 2.04. The molecule has 1 aromatic carbocycles. The number of hydrogen-bond acceptors (Lipinski definition) is 3. The normalized spacial score (nSPS) is 9.29. The van der Waals surface area contributed by atoms with Crippen LogP contribution in [0.3, 0.4) is 0 Å². The van der Waals surface area contributed by atoms with Crippen LogP contribution >= 0.6 is 23.8 Å². The van der Waals surface area contributed by atoms with Crippen LogP contribution in [0.1, 0.15) is 0 Å². The molecule has 1 aromatic rings. The minimum absolute atomic E-state index is 0.150. The standard InChI is InChI=1S/C10H12ClN3O2S/c1-12-10(17)14-13-9(15)6-16-8-5-3-2-4-7(8)11/h2-5H,6H2,1H3,(H,13,15)(H2,12,14,17). The van der Waals surface area contributed by atoms with Gasteiger partial charge in [0.25, 0.3) is 5.91 Å². The molecule has 0 radical (unpaired) electrons. The topological polar surface area (TPSA) is 62.4 Å². The summed E-state index contributed by atoms with van der Waals surface area (Å²) in [7, 11) is 1.64. The molecule has 3 N–H and O–H groups in total. The predicted molar refractivity (Wildman–Crippen MR) is 69.9 cm³/mol. The Morgan fingerprint density at radius 1 is 1.41 bits per heavy atom. The van der Waals surface area contributed by atoms with Gasteiger partial charge in [-0.2, -0.15) is 0 Å². The Balaban J connectivity index is 2.34. The number of rotatable bonds is 3. The molecule has 5 nitrogen and oxygen atoms in total. The SMILES string of the molecule is CNC(=S)NNC(=O)COc1ccccc1Cl. The minimum Gasteiger partial charge on any atom is -0.482 e. The molecule has 1 rings (SSSR count). The van der Waals surface area contributed by atoms with E-state index in [1.165, 1.54) is 0 Å². The summed E-state index contributed by atoms with van der Waals surface area (Å²) >= 11 is 10.6. The average molecular weight is 274 g/mol. The van der Waals surface area contributed by atoms with Crippen LogP contribution in [0.2, 0.25) is 5.02 Å². The van der Waals surface area contributed by atoms with Gasteiger partial charge in [0, 0.05) is 7.05 Å². The minimum atomic E-state index is -0.359. The zero-order valence-corrected chi connectivity index (χ0v) is 10.7. The highest BCUT2D eigenvalue weighted by atomic mass is 35.5. The fourth-order valence-electron chi connectivity index (χ4n) is 0.930. The van der Waals surface area contributed by atoms with E-state index in [1.807, 2.05) is 0 Å².